The number of pyridine rings is 1. The van der Waals surface area contributed by atoms with Gasteiger partial charge in [-0.25, -0.2) is 4.21 Å². The van der Waals surface area contributed by atoms with Crippen molar-refractivity contribution in [2.24, 2.45) is 0 Å². The van der Waals surface area contributed by atoms with E-state index in [9.17, 15) is 9.00 Å². The third-order valence-electron chi connectivity index (χ3n) is 6.14. The van der Waals surface area contributed by atoms with Crippen molar-refractivity contribution in [1.82, 2.24) is 9.88 Å². The van der Waals surface area contributed by atoms with Gasteiger partial charge >= 0.3 is 0 Å². The summed E-state index contributed by atoms with van der Waals surface area (Å²) in [5, 5.41) is 0.938. The number of fused-ring (bicyclic) bond motifs is 1. The molecule has 4 aromatic rings. The summed E-state index contributed by atoms with van der Waals surface area (Å²) in [7, 11) is 0.180. The average Bonchev–Trinajstić information content (AvgIpc) is 2.93. The minimum atomic E-state index is -1.48. The second kappa shape index (κ2) is 10.1. The molecule has 1 N–H and O–H groups in total. The van der Waals surface area contributed by atoms with Crippen LogP contribution in [-0.2, 0) is 11.0 Å². The largest absolute Gasteiger partial charge is 0.497 e. The van der Waals surface area contributed by atoms with Crippen LogP contribution in [-0.4, -0.2) is 53.3 Å². The van der Waals surface area contributed by atoms with Gasteiger partial charge in [-0.3, -0.25) is 9.78 Å². The molecule has 1 aromatic heterocycles. The van der Waals surface area contributed by atoms with Crippen molar-refractivity contribution in [2.45, 2.75) is 4.90 Å². The molecule has 1 unspecified atom stereocenters. The number of anilines is 2. The first-order valence-electron chi connectivity index (χ1n) is 11.4. The number of rotatable bonds is 6. The zero-order valence-electron chi connectivity index (χ0n) is 19.4. The van der Waals surface area contributed by atoms with Gasteiger partial charge in [0.2, 0.25) is 0 Å². The van der Waals surface area contributed by atoms with E-state index in [1.165, 1.54) is 0 Å². The number of hydrogen-bond acceptors (Lipinski definition) is 5. The Morgan fingerprint density at radius 3 is 2.34 bits per heavy atom. The summed E-state index contributed by atoms with van der Waals surface area (Å²) >= 11 is 0. The molecule has 1 atom stereocenters. The fourth-order valence-corrected chi connectivity index (χ4v) is 5.22. The van der Waals surface area contributed by atoms with Gasteiger partial charge in [0.25, 0.3) is 5.91 Å². The molecule has 2 heterocycles. The van der Waals surface area contributed by atoms with Gasteiger partial charge < -0.3 is 19.3 Å². The summed E-state index contributed by atoms with van der Waals surface area (Å²) in [6.07, 6.45) is 1.69. The highest BCUT2D eigenvalue weighted by atomic mass is 32.2. The third-order valence-corrected chi connectivity index (χ3v) is 7.29. The quantitative estimate of drug-likeness (QED) is 0.439. The lowest BCUT2D eigenvalue weighted by molar-refractivity contribution is 0.0747. The predicted molar refractivity (Wildman–Crippen MR) is 139 cm³/mol. The number of benzene rings is 3. The lowest BCUT2D eigenvalue weighted by Gasteiger charge is -2.36. The molecule has 1 saturated heterocycles. The molecule has 0 spiro atoms. The average molecular weight is 487 g/mol. The van der Waals surface area contributed by atoms with Crippen LogP contribution in [0, 0.1) is 0 Å². The molecule has 35 heavy (non-hydrogen) atoms. The van der Waals surface area contributed by atoms with Crippen molar-refractivity contribution in [3.63, 3.8) is 0 Å². The molecule has 0 bridgehead atoms. The van der Waals surface area contributed by atoms with E-state index in [2.05, 4.69) is 14.6 Å². The Kier molecular flexibility index (Phi) is 6.63. The Morgan fingerprint density at radius 1 is 0.914 bits per heavy atom. The van der Waals surface area contributed by atoms with Crippen LogP contribution in [0.15, 0.2) is 90.0 Å². The third kappa shape index (κ3) is 4.97. The summed E-state index contributed by atoms with van der Waals surface area (Å²) < 4.78 is 21.2. The van der Waals surface area contributed by atoms with Gasteiger partial charge in [0, 0.05) is 54.7 Å². The first kappa shape index (κ1) is 22.9. The molecule has 0 aliphatic carbocycles. The number of carbonyl (C=O) groups is 1. The number of para-hydroxylation sites is 1. The lowest BCUT2D eigenvalue weighted by Crippen LogP contribution is -2.48. The number of methoxy groups -OCH3 is 1. The Labute approximate surface area is 206 Å². The smallest absolute Gasteiger partial charge is 0.253 e. The number of piperazine rings is 1. The lowest BCUT2D eigenvalue weighted by atomic mass is 10.1. The first-order chi connectivity index (χ1) is 17.1. The van der Waals surface area contributed by atoms with Gasteiger partial charge in [0.05, 0.1) is 17.5 Å². The molecule has 8 heteroatoms. The van der Waals surface area contributed by atoms with E-state index in [1.807, 2.05) is 59.5 Å². The molecule has 1 fully saturated rings. The van der Waals surface area contributed by atoms with Crippen molar-refractivity contribution < 1.29 is 13.7 Å². The maximum Gasteiger partial charge on any atom is 0.253 e. The van der Waals surface area contributed by atoms with Crippen LogP contribution >= 0.6 is 0 Å². The van der Waals surface area contributed by atoms with Gasteiger partial charge in [-0.15, -0.1) is 0 Å². The number of nitrogens with one attached hydrogen (secondary N) is 1. The normalized spacial score (nSPS) is 14.5. The van der Waals surface area contributed by atoms with Crippen molar-refractivity contribution in [2.75, 3.05) is 42.9 Å². The van der Waals surface area contributed by atoms with E-state index < -0.39 is 11.0 Å². The molecule has 1 amide bonds. The Hall–Kier alpha value is -3.91. The monoisotopic (exact) mass is 486 g/mol. The van der Waals surface area contributed by atoms with E-state index in [-0.39, 0.29) is 5.91 Å². The number of aromatic nitrogens is 1. The fourth-order valence-electron chi connectivity index (χ4n) is 4.21. The van der Waals surface area contributed by atoms with Crippen LogP contribution in [0.5, 0.6) is 5.75 Å². The molecule has 5 rings (SSSR count). The van der Waals surface area contributed by atoms with E-state index in [1.54, 1.807) is 37.6 Å². The van der Waals surface area contributed by atoms with Gasteiger partial charge in [-0.2, -0.15) is 0 Å². The molecule has 178 valence electrons. The van der Waals surface area contributed by atoms with Crippen molar-refractivity contribution >= 4 is 39.2 Å². The van der Waals surface area contributed by atoms with Crippen LogP contribution in [0.25, 0.3) is 10.9 Å². The van der Waals surface area contributed by atoms with Crippen molar-refractivity contribution in [1.29, 1.82) is 0 Å². The molecule has 1 aliphatic heterocycles. The number of ether oxygens (including phenoxy) is 1. The van der Waals surface area contributed by atoms with Crippen molar-refractivity contribution in [3.05, 3.63) is 90.6 Å². The maximum atomic E-state index is 13.0. The number of hydrogen-bond donors (Lipinski definition) is 1. The molecule has 1 aliphatic rings. The second-order valence-corrected chi connectivity index (χ2v) is 9.44. The standard InChI is InChI=1S/C27H26N4O3S/c1-34-24-13-11-23(12-14-24)30-16-18-31(19-17-30)27(32)21-7-9-22(10-8-21)29-35(33)25-6-2-4-20-5-3-15-28-26(20)25/h2-15,29H,16-19H2,1H3. The topological polar surface area (TPSA) is 74.8 Å². The van der Waals surface area contributed by atoms with E-state index in [0.29, 0.717) is 34.8 Å². The van der Waals surface area contributed by atoms with E-state index in [4.69, 9.17) is 4.74 Å². The van der Waals surface area contributed by atoms with E-state index in [0.717, 1.165) is 29.9 Å². The summed E-state index contributed by atoms with van der Waals surface area (Å²) in [6.45, 7) is 2.86. The number of amides is 1. The molecular formula is C27H26N4O3S. The molecule has 3 aromatic carbocycles. The number of carbonyl (C=O) groups excluding carboxylic acids is 1. The number of nitrogens with zero attached hydrogens (tertiary/aromatic N) is 3. The zero-order chi connectivity index (χ0) is 24.2. The summed E-state index contributed by atoms with van der Waals surface area (Å²) in [4.78, 5) is 22.2. The molecule has 0 radical (unpaired) electrons. The minimum Gasteiger partial charge on any atom is -0.497 e. The highest BCUT2D eigenvalue weighted by Gasteiger charge is 2.22. The molecular weight excluding hydrogens is 460 g/mol. The van der Waals surface area contributed by atoms with Crippen molar-refractivity contribution in [3.8, 4) is 5.75 Å². The highest BCUT2D eigenvalue weighted by molar-refractivity contribution is 7.86. The summed E-state index contributed by atoms with van der Waals surface area (Å²) in [6, 6.07) is 24.5. The fraction of sp³-hybridized carbons (Fsp3) is 0.185. The highest BCUT2D eigenvalue weighted by Crippen LogP contribution is 2.23. The SMILES string of the molecule is COc1ccc(N2CCN(C(=O)c3ccc(NS(=O)c4cccc5cccnc45)cc3)CC2)cc1. The minimum absolute atomic E-state index is 0.00491. The molecule has 0 saturated carbocycles. The summed E-state index contributed by atoms with van der Waals surface area (Å²) in [5.74, 6) is 0.837. The van der Waals surface area contributed by atoms with Gasteiger partial charge in [0.1, 0.15) is 5.75 Å². The van der Waals surface area contributed by atoms with Gasteiger partial charge in [0.15, 0.2) is 11.0 Å². The molecule has 7 nitrogen and oxygen atoms in total. The second-order valence-electron chi connectivity index (χ2n) is 8.26. The maximum absolute atomic E-state index is 13.0. The van der Waals surface area contributed by atoms with Gasteiger partial charge in [-0.1, -0.05) is 18.2 Å². The summed E-state index contributed by atoms with van der Waals surface area (Å²) in [5.41, 5.74) is 3.13. The Bertz CT molecular complexity index is 1350. The van der Waals surface area contributed by atoms with E-state index >= 15 is 0 Å². The Morgan fingerprint density at radius 2 is 1.63 bits per heavy atom. The van der Waals surface area contributed by atoms with Gasteiger partial charge in [-0.05, 0) is 60.7 Å². The van der Waals surface area contributed by atoms with Crippen LogP contribution in [0.4, 0.5) is 11.4 Å². The Balaban J connectivity index is 1.20. The first-order valence-corrected chi connectivity index (χ1v) is 12.6. The van der Waals surface area contributed by atoms with Crippen LogP contribution in [0.3, 0.4) is 0 Å². The zero-order valence-corrected chi connectivity index (χ0v) is 20.2. The van der Waals surface area contributed by atoms with Crippen LogP contribution < -0.4 is 14.4 Å². The van der Waals surface area contributed by atoms with Crippen LogP contribution in [0.2, 0.25) is 0 Å². The predicted octanol–water partition coefficient (Wildman–Crippen LogP) is 4.34. The van der Waals surface area contributed by atoms with Crippen LogP contribution in [0.1, 0.15) is 10.4 Å².